The van der Waals surface area contributed by atoms with Gasteiger partial charge in [-0.05, 0) is 30.2 Å². The van der Waals surface area contributed by atoms with Crippen molar-refractivity contribution in [2.75, 3.05) is 26.2 Å². The third-order valence-corrected chi connectivity index (χ3v) is 6.38. The Balaban J connectivity index is 1.27. The molecule has 1 aliphatic heterocycles. The van der Waals surface area contributed by atoms with E-state index in [-0.39, 0.29) is 5.91 Å². The zero-order valence-electron chi connectivity index (χ0n) is 15.1. The van der Waals surface area contributed by atoms with Gasteiger partial charge < -0.3 is 4.90 Å². The third-order valence-electron chi connectivity index (χ3n) is 4.99. The maximum absolute atomic E-state index is 12.5. The molecule has 0 N–H and O–H groups in total. The Morgan fingerprint density at radius 1 is 1.04 bits per heavy atom. The third kappa shape index (κ3) is 4.49. The fraction of sp³-hybridized carbons (Fsp3) is 0.333. The molecule has 0 spiro atoms. The number of aromatic nitrogens is 1. The Morgan fingerprint density at radius 3 is 2.56 bits per heavy atom. The molecule has 0 atom stereocenters. The van der Waals surface area contributed by atoms with Crippen LogP contribution in [0.5, 0.6) is 0 Å². The van der Waals surface area contributed by atoms with Gasteiger partial charge in [-0.1, -0.05) is 41.9 Å². The highest BCUT2D eigenvalue weighted by atomic mass is 35.5. The minimum Gasteiger partial charge on any atom is -0.340 e. The van der Waals surface area contributed by atoms with Crippen LogP contribution in [0.2, 0.25) is 5.02 Å². The lowest BCUT2D eigenvalue weighted by Gasteiger charge is -2.34. The molecule has 1 amide bonds. The van der Waals surface area contributed by atoms with Crippen LogP contribution >= 0.6 is 22.9 Å². The van der Waals surface area contributed by atoms with Crippen molar-refractivity contribution in [1.29, 1.82) is 0 Å². The number of amides is 1. The van der Waals surface area contributed by atoms with Crippen LogP contribution in [-0.4, -0.2) is 46.9 Å². The van der Waals surface area contributed by atoms with Crippen LogP contribution in [-0.2, 0) is 17.8 Å². The lowest BCUT2D eigenvalue weighted by atomic mass is 10.1. The molecule has 1 aromatic heterocycles. The number of hydrogen-bond donors (Lipinski definition) is 0. The van der Waals surface area contributed by atoms with Crippen molar-refractivity contribution in [3.8, 4) is 0 Å². The summed E-state index contributed by atoms with van der Waals surface area (Å²) in [4.78, 5) is 21.6. The van der Waals surface area contributed by atoms with E-state index in [1.807, 2.05) is 35.2 Å². The molecule has 6 heteroatoms. The predicted octanol–water partition coefficient (Wildman–Crippen LogP) is 4.23. The normalized spacial score (nSPS) is 15.4. The minimum atomic E-state index is 0.217. The number of piperazine rings is 1. The van der Waals surface area contributed by atoms with Crippen LogP contribution in [0.15, 0.2) is 48.5 Å². The highest BCUT2D eigenvalue weighted by Gasteiger charge is 2.21. The van der Waals surface area contributed by atoms with Gasteiger partial charge in [-0.2, -0.15) is 0 Å². The van der Waals surface area contributed by atoms with Gasteiger partial charge in [-0.3, -0.25) is 9.69 Å². The molecule has 4 rings (SSSR count). The van der Waals surface area contributed by atoms with E-state index in [1.165, 1.54) is 4.70 Å². The van der Waals surface area contributed by atoms with Crippen molar-refractivity contribution >= 4 is 39.1 Å². The predicted molar refractivity (Wildman–Crippen MR) is 111 cm³/mol. The van der Waals surface area contributed by atoms with E-state index in [9.17, 15) is 4.79 Å². The lowest BCUT2D eigenvalue weighted by Crippen LogP contribution is -2.48. The van der Waals surface area contributed by atoms with Crippen LogP contribution < -0.4 is 0 Å². The summed E-state index contributed by atoms with van der Waals surface area (Å²) in [5, 5.41) is 1.89. The number of carbonyl (C=O) groups excluding carboxylic acids is 1. The number of nitrogens with zero attached hydrogens (tertiary/aromatic N) is 3. The molecule has 140 valence electrons. The summed E-state index contributed by atoms with van der Waals surface area (Å²) in [6, 6.07) is 16.0. The molecule has 1 saturated heterocycles. The summed E-state index contributed by atoms with van der Waals surface area (Å²) in [7, 11) is 0. The smallest absolute Gasteiger partial charge is 0.222 e. The van der Waals surface area contributed by atoms with Gasteiger partial charge in [-0.25, -0.2) is 4.98 Å². The molecule has 2 heterocycles. The van der Waals surface area contributed by atoms with Gasteiger partial charge in [-0.15, -0.1) is 11.3 Å². The molecule has 27 heavy (non-hydrogen) atoms. The molecule has 4 nitrogen and oxygen atoms in total. The number of hydrogen-bond acceptors (Lipinski definition) is 4. The highest BCUT2D eigenvalue weighted by molar-refractivity contribution is 7.18. The molecular formula is C21H22ClN3OS. The molecule has 0 radical (unpaired) electrons. The van der Waals surface area contributed by atoms with Crippen molar-refractivity contribution in [3.63, 3.8) is 0 Å². The molecule has 2 aromatic carbocycles. The fourth-order valence-corrected chi connectivity index (χ4v) is 4.68. The van der Waals surface area contributed by atoms with Gasteiger partial charge in [0.2, 0.25) is 5.91 Å². The van der Waals surface area contributed by atoms with Crippen molar-refractivity contribution < 1.29 is 4.79 Å². The summed E-state index contributed by atoms with van der Waals surface area (Å²) in [5.74, 6) is 0.217. The van der Waals surface area contributed by atoms with Crippen molar-refractivity contribution in [2.24, 2.45) is 0 Å². The summed E-state index contributed by atoms with van der Waals surface area (Å²) in [5.41, 5.74) is 2.12. The van der Waals surface area contributed by atoms with E-state index in [1.54, 1.807) is 11.3 Å². The first-order valence-electron chi connectivity index (χ1n) is 9.27. The topological polar surface area (TPSA) is 36.4 Å². The molecule has 1 fully saturated rings. The van der Waals surface area contributed by atoms with E-state index < -0.39 is 0 Å². The second-order valence-electron chi connectivity index (χ2n) is 6.82. The van der Waals surface area contributed by atoms with Crippen molar-refractivity contribution in [2.45, 2.75) is 19.4 Å². The first-order valence-corrected chi connectivity index (χ1v) is 10.5. The maximum atomic E-state index is 12.5. The van der Waals surface area contributed by atoms with Gasteiger partial charge in [0.15, 0.2) is 0 Å². The average Bonchev–Trinajstić information content (AvgIpc) is 3.10. The Morgan fingerprint density at radius 2 is 1.78 bits per heavy atom. The SMILES string of the molecule is O=C(CCc1ccccc1Cl)N1CCN(Cc2nc3ccccc3s2)CC1. The van der Waals surface area contributed by atoms with Gasteiger partial charge >= 0.3 is 0 Å². The quantitative estimate of drug-likeness (QED) is 0.644. The maximum Gasteiger partial charge on any atom is 0.222 e. The minimum absolute atomic E-state index is 0.217. The Kier molecular flexibility index (Phi) is 5.72. The summed E-state index contributed by atoms with van der Waals surface area (Å²) in [6.07, 6.45) is 1.21. The first kappa shape index (κ1) is 18.4. The van der Waals surface area contributed by atoms with Gasteiger partial charge in [0.25, 0.3) is 0 Å². The molecule has 0 aliphatic carbocycles. The number of benzene rings is 2. The Labute approximate surface area is 168 Å². The standard InChI is InChI=1S/C21H22ClN3OS/c22-17-6-2-1-5-16(17)9-10-21(26)25-13-11-24(12-14-25)15-20-23-18-7-3-4-8-19(18)27-20/h1-8H,9-15H2. The van der Waals surface area contributed by atoms with E-state index in [4.69, 9.17) is 16.6 Å². The van der Waals surface area contributed by atoms with Crippen molar-refractivity contribution in [1.82, 2.24) is 14.8 Å². The number of thiazole rings is 1. The highest BCUT2D eigenvalue weighted by Crippen LogP contribution is 2.23. The molecule has 0 saturated carbocycles. The van der Waals surface area contributed by atoms with E-state index in [2.05, 4.69) is 23.1 Å². The second kappa shape index (κ2) is 8.38. The number of rotatable bonds is 5. The lowest BCUT2D eigenvalue weighted by molar-refractivity contribution is -0.132. The number of aryl methyl sites for hydroxylation is 1. The van der Waals surface area contributed by atoms with Crippen LogP contribution in [0.25, 0.3) is 10.2 Å². The molecular weight excluding hydrogens is 378 g/mol. The first-order chi connectivity index (χ1) is 13.2. The van der Waals surface area contributed by atoms with Crippen LogP contribution in [0.1, 0.15) is 17.0 Å². The summed E-state index contributed by atoms with van der Waals surface area (Å²) in [6.45, 7) is 4.22. The molecule has 0 unspecified atom stereocenters. The Hall–Kier alpha value is -1.95. The Bertz CT molecular complexity index is 901. The summed E-state index contributed by atoms with van der Waals surface area (Å²) >= 11 is 7.94. The average molecular weight is 400 g/mol. The second-order valence-corrected chi connectivity index (χ2v) is 8.35. The fourth-order valence-electron chi connectivity index (χ4n) is 3.44. The zero-order valence-corrected chi connectivity index (χ0v) is 16.7. The molecule has 0 bridgehead atoms. The number of para-hydroxylation sites is 1. The monoisotopic (exact) mass is 399 g/mol. The van der Waals surface area contributed by atoms with Crippen LogP contribution in [0.3, 0.4) is 0 Å². The largest absolute Gasteiger partial charge is 0.340 e. The van der Waals surface area contributed by atoms with Gasteiger partial charge in [0.05, 0.1) is 16.8 Å². The van der Waals surface area contributed by atoms with Crippen LogP contribution in [0, 0.1) is 0 Å². The van der Waals surface area contributed by atoms with Gasteiger partial charge in [0, 0.05) is 37.6 Å². The van der Waals surface area contributed by atoms with E-state index >= 15 is 0 Å². The molecule has 1 aliphatic rings. The van der Waals surface area contributed by atoms with E-state index in [0.717, 1.165) is 53.8 Å². The van der Waals surface area contributed by atoms with E-state index in [0.29, 0.717) is 12.8 Å². The number of fused-ring (bicyclic) bond motifs is 1. The molecule has 3 aromatic rings. The van der Waals surface area contributed by atoms with Crippen molar-refractivity contribution in [3.05, 3.63) is 64.1 Å². The van der Waals surface area contributed by atoms with Gasteiger partial charge in [0.1, 0.15) is 5.01 Å². The zero-order chi connectivity index (χ0) is 18.6. The number of carbonyl (C=O) groups is 1. The van der Waals surface area contributed by atoms with Crippen LogP contribution in [0.4, 0.5) is 0 Å². The number of halogens is 1. The summed E-state index contributed by atoms with van der Waals surface area (Å²) < 4.78 is 1.24.